The Hall–Kier alpha value is -1.75. The van der Waals surface area contributed by atoms with Crippen molar-refractivity contribution in [1.29, 1.82) is 0 Å². The summed E-state index contributed by atoms with van der Waals surface area (Å²) in [4.78, 5) is 12.2. The molecule has 2 atom stereocenters. The second-order valence-corrected chi connectivity index (χ2v) is 5.34. The molecule has 104 valence electrons. The molecule has 0 aromatic heterocycles. The summed E-state index contributed by atoms with van der Waals surface area (Å²) in [5.41, 5.74) is -0.683. The number of benzene rings is 1. The molecule has 0 aliphatic carbocycles. The van der Waals surface area contributed by atoms with Crippen molar-refractivity contribution in [2.45, 2.75) is 38.5 Å². The first kappa shape index (κ1) is 13.7. The fraction of sp³-hybridized carbons (Fsp3) is 0.500. The zero-order chi connectivity index (χ0) is 14.0. The SMILES string of the molecule is CC1Oc2ccccc2OC1C(=O)NC(C)(C)CO. The van der Waals surface area contributed by atoms with Crippen LogP contribution in [0.4, 0.5) is 0 Å². The van der Waals surface area contributed by atoms with Gasteiger partial charge in [0.2, 0.25) is 6.10 Å². The number of carbonyl (C=O) groups is 1. The Morgan fingerprint density at radius 3 is 2.47 bits per heavy atom. The number of aliphatic hydroxyl groups is 1. The van der Waals surface area contributed by atoms with Crippen LogP contribution in [0.3, 0.4) is 0 Å². The number of aliphatic hydroxyl groups excluding tert-OH is 1. The van der Waals surface area contributed by atoms with Gasteiger partial charge >= 0.3 is 0 Å². The van der Waals surface area contributed by atoms with Gasteiger partial charge in [0, 0.05) is 0 Å². The lowest BCUT2D eigenvalue weighted by atomic mass is 10.1. The lowest BCUT2D eigenvalue weighted by molar-refractivity contribution is -0.135. The third-order valence-electron chi connectivity index (χ3n) is 2.96. The van der Waals surface area contributed by atoms with E-state index >= 15 is 0 Å². The van der Waals surface area contributed by atoms with Crippen molar-refractivity contribution in [2.24, 2.45) is 0 Å². The van der Waals surface area contributed by atoms with Gasteiger partial charge in [0.1, 0.15) is 6.10 Å². The fourth-order valence-electron chi connectivity index (χ4n) is 1.85. The van der Waals surface area contributed by atoms with Gasteiger partial charge in [-0.2, -0.15) is 0 Å². The highest BCUT2D eigenvalue weighted by molar-refractivity contribution is 5.83. The fourth-order valence-corrected chi connectivity index (χ4v) is 1.85. The highest BCUT2D eigenvalue weighted by atomic mass is 16.6. The first-order chi connectivity index (χ1) is 8.93. The molecule has 0 bridgehead atoms. The molecule has 1 aliphatic rings. The van der Waals surface area contributed by atoms with E-state index < -0.39 is 11.6 Å². The van der Waals surface area contributed by atoms with Crippen LogP contribution < -0.4 is 14.8 Å². The zero-order valence-electron chi connectivity index (χ0n) is 11.3. The van der Waals surface area contributed by atoms with E-state index in [4.69, 9.17) is 9.47 Å². The highest BCUT2D eigenvalue weighted by Gasteiger charge is 2.36. The number of rotatable bonds is 3. The van der Waals surface area contributed by atoms with Crippen molar-refractivity contribution >= 4 is 5.91 Å². The standard InChI is InChI=1S/C14H19NO4/c1-9-12(13(17)15-14(2,3)8-16)19-11-7-5-4-6-10(11)18-9/h4-7,9,12,16H,8H2,1-3H3,(H,15,17). The Morgan fingerprint density at radius 1 is 1.32 bits per heavy atom. The molecule has 19 heavy (non-hydrogen) atoms. The summed E-state index contributed by atoms with van der Waals surface area (Å²) >= 11 is 0. The molecule has 0 spiro atoms. The number of hydrogen-bond acceptors (Lipinski definition) is 4. The highest BCUT2D eigenvalue weighted by Crippen LogP contribution is 2.33. The van der Waals surface area contributed by atoms with Crippen LogP contribution in [0.5, 0.6) is 11.5 Å². The minimum Gasteiger partial charge on any atom is -0.482 e. The molecule has 0 saturated heterocycles. The topological polar surface area (TPSA) is 67.8 Å². The van der Waals surface area contributed by atoms with Crippen molar-refractivity contribution < 1.29 is 19.4 Å². The number of hydrogen-bond donors (Lipinski definition) is 2. The van der Waals surface area contributed by atoms with Gasteiger partial charge in [-0.15, -0.1) is 0 Å². The Kier molecular flexibility index (Phi) is 3.66. The van der Waals surface area contributed by atoms with Gasteiger partial charge in [-0.3, -0.25) is 4.79 Å². The van der Waals surface area contributed by atoms with Crippen molar-refractivity contribution in [1.82, 2.24) is 5.32 Å². The van der Waals surface area contributed by atoms with Gasteiger partial charge < -0.3 is 19.9 Å². The molecule has 2 unspecified atom stereocenters. The van der Waals surface area contributed by atoms with E-state index in [-0.39, 0.29) is 18.6 Å². The number of carbonyl (C=O) groups excluding carboxylic acids is 1. The maximum atomic E-state index is 12.2. The van der Waals surface area contributed by atoms with Gasteiger partial charge in [0.15, 0.2) is 11.5 Å². The predicted molar refractivity (Wildman–Crippen MR) is 70.3 cm³/mol. The Balaban J connectivity index is 2.12. The molecule has 2 rings (SSSR count). The Morgan fingerprint density at radius 2 is 1.89 bits per heavy atom. The molecule has 5 heteroatoms. The molecule has 5 nitrogen and oxygen atoms in total. The van der Waals surface area contributed by atoms with Gasteiger partial charge in [-0.05, 0) is 32.9 Å². The quantitative estimate of drug-likeness (QED) is 0.859. The van der Waals surface area contributed by atoms with E-state index in [9.17, 15) is 9.90 Å². The van der Waals surface area contributed by atoms with Crippen LogP contribution in [0.2, 0.25) is 0 Å². The maximum absolute atomic E-state index is 12.2. The molecule has 1 aromatic rings. The molecular formula is C14H19NO4. The smallest absolute Gasteiger partial charge is 0.265 e. The number of para-hydroxylation sites is 2. The Labute approximate surface area is 112 Å². The third-order valence-corrected chi connectivity index (χ3v) is 2.96. The summed E-state index contributed by atoms with van der Waals surface area (Å²) in [7, 11) is 0. The number of nitrogens with one attached hydrogen (secondary N) is 1. The van der Waals surface area contributed by atoms with Crippen LogP contribution in [0.25, 0.3) is 0 Å². The van der Waals surface area contributed by atoms with Crippen LogP contribution in [-0.2, 0) is 4.79 Å². The Bertz CT molecular complexity index is 472. The second-order valence-electron chi connectivity index (χ2n) is 5.34. The van der Waals surface area contributed by atoms with Crippen LogP contribution >= 0.6 is 0 Å². The molecular weight excluding hydrogens is 246 g/mol. The van der Waals surface area contributed by atoms with E-state index in [1.807, 2.05) is 12.1 Å². The van der Waals surface area contributed by atoms with Crippen LogP contribution in [0.15, 0.2) is 24.3 Å². The van der Waals surface area contributed by atoms with Crippen LogP contribution in [0, 0.1) is 0 Å². The first-order valence-corrected chi connectivity index (χ1v) is 6.28. The summed E-state index contributed by atoms with van der Waals surface area (Å²) in [5, 5.41) is 11.9. The monoisotopic (exact) mass is 265 g/mol. The number of ether oxygens (including phenoxy) is 2. The van der Waals surface area contributed by atoms with Crippen molar-refractivity contribution in [3.05, 3.63) is 24.3 Å². The van der Waals surface area contributed by atoms with Crippen molar-refractivity contribution in [3.8, 4) is 11.5 Å². The molecule has 0 fully saturated rings. The van der Waals surface area contributed by atoms with Gasteiger partial charge in [0.25, 0.3) is 5.91 Å². The lowest BCUT2D eigenvalue weighted by Gasteiger charge is -2.33. The second kappa shape index (κ2) is 5.09. The first-order valence-electron chi connectivity index (χ1n) is 6.28. The molecule has 1 heterocycles. The summed E-state index contributed by atoms with van der Waals surface area (Å²) in [6, 6.07) is 7.24. The number of amides is 1. The summed E-state index contributed by atoms with van der Waals surface area (Å²) < 4.78 is 11.3. The summed E-state index contributed by atoms with van der Waals surface area (Å²) in [6.45, 7) is 5.13. The molecule has 2 N–H and O–H groups in total. The van der Waals surface area contributed by atoms with Crippen molar-refractivity contribution in [3.63, 3.8) is 0 Å². The minimum atomic E-state index is -0.722. The lowest BCUT2D eigenvalue weighted by Crippen LogP contribution is -2.55. The largest absolute Gasteiger partial charge is 0.482 e. The van der Waals surface area contributed by atoms with E-state index in [0.717, 1.165) is 0 Å². The summed E-state index contributed by atoms with van der Waals surface area (Å²) in [6.07, 6.45) is -1.11. The molecule has 1 amide bonds. The third kappa shape index (κ3) is 2.98. The minimum absolute atomic E-state index is 0.142. The molecule has 1 aromatic carbocycles. The van der Waals surface area contributed by atoms with Crippen molar-refractivity contribution in [2.75, 3.05) is 6.61 Å². The van der Waals surface area contributed by atoms with Gasteiger partial charge in [0.05, 0.1) is 12.1 Å². The van der Waals surface area contributed by atoms with E-state index in [0.29, 0.717) is 11.5 Å². The molecule has 0 radical (unpaired) electrons. The normalized spacial score (nSPS) is 21.9. The molecule has 1 aliphatic heterocycles. The van der Waals surface area contributed by atoms with Gasteiger partial charge in [-0.1, -0.05) is 12.1 Å². The van der Waals surface area contributed by atoms with Gasteiger partial charge in [-0.25, -0.2) is 0 Å². The molecule has 0 saturated carbocycles. The van der Waals surface area contributed by atoms with Crippen LogP contribution in [0.1, 0.15) is 20.8 Å². The number of fused-ring (bicyclic) bond motifs is 1. The predicted octanol–water partition coefficient (Wildman–Crippen LogP) is 1.10. The maximum Gasteiger partial charge on any atom is 0.265 e. The average Bonchev–Trinajstić information content (AvgIpc) is 2.37. The van der Waals surface area contributed by atoms with E-state index in [1.54, 1.807) is 32.9 Å². The van der Waals surface area contributed by atoms with Crippen LogP contribution in [-0.4, -0.2) is 35.4 Å². The summed E-state index contributed by atoms with van der Waals surface area (Å²) in [5.74, 6) is 0.907. The average molecular weight is 265 g/mol. The zero-order valence-corrected chi connectivity index (χ0v) is 11.3. The van der Waals surface area contributed by atoms with E-state index in [2.05, 4.69) is 5.32 Å². The van der Waals surface area contributed by atoms with E-state index in [1.165, 1.54) is 0 Å².